The number of rotatable bonds is 7. The highest BCUT2D eigenvalue weighted by molar-refractivity contribution is 6.30. The lowest BCUT2D eigenvalue weighted by Crippen LogP contribution is -2.36. The molecular weight excluding hydrogens is 260 g/mol. The van der Waals surface area contributed by atoms with Crippen molar-refractivity contribution in [2.24, 2.45) is 0 Å². The van der Waals surface area contributed by atoms with E-state index in [0.29, 0.717) is 11.6 Å². The van der Waals surface area contributed by atoms with Crippen molar-refractivity contribution in [3.63, 3.8) is 0 Å². The van der Waals surface area contributed by atoms with E-state index >= 15 is 0 Å². The predicted molar refractivity (Wildman–Crippen MR) is 81.8 cm³/mol. The highest BCUT2D eigenvalue weighted by atomic mass is 35.5. The van der Waals surface area contributed by atoms with Crippen LogP contribution in [0.4, 0.5) is 5.69 Å². The van der Waals surface area contributed by atoms with Gasteiger partial charge < -0.3 is 10.2 Å². The number of nitrogens with zero attached hydrogens (tertiary/aromatic N) is 1. The number of hydrogen-bond donors (Lipinski definition) is 1. The first-order chi connectivity index (χ1) is 9.08. The van der Waals surface area contributed by atoms with Crippen molar-refractivity contribution in [2.45, 2.75) is 33.6 Å². The summed E-state index contributed by atoms with van der Waals surface area (Å²) in [5, 5.41) is 3.86. The molecule has 0 unspecified atom stereocenters. The summed E-state index contributed by atoms with van der Waals surface area (Å²) >= 11 is 5.96. The van der Waals surface area contributed by atoms with Crippen molar-refractivity contribution in [3.8, 4) is 0 Å². The second-order valence-corrected chi connectivity index (χ2v) is 5.13. The Morgan fingerprint density at radius 3 is 2.47 bits per heavy atom. The van der Waals surface area contributed by atoms with E-state index in [-0.39, 0.29) is 5.91 Å². The third-order valence-corrected chi connectivity index (χ3v) is 3.20. The standard InChI is InChI=1S/C15H23ClN2O/c1-4-8-18(9-5-2)15(19)11-17-14-10-13(16)7-6-12(14)3/h6-7,10,17H,4-5,8-9,11H2,1-3H3. The average Bonchev–Trinajstić information content (AvgIpc) is 2.39. The molecule has 3 nitrogen and oxygen atoms in total. The van der Waals surface area contributed by atoms with Gasteiger partial charge in [0.25, 0.3) is 0 Å². The summed E-state index contributed by atoms with van der Waals surface area (Å²) in [6.07, 6.45) is 1.98. The van der Waals surface area contributed by atoms with Crippen LogP contribution in [0, 0.1) is 6.92 Å². The normalized spacial score (nSPS) is 10.3. The molecule has 0 aromatic heterocycles. The first-order valence-electron chi connectivity index (χ1n) is 6.86. The van der Waals surface area contributed by atoms with Crippen LogP contribution >= 0.6 is 11.6 Å². The third-order valence-electron chi connectivity index (χ3n) is 2.97. The van der Waals surface area contributed by atoms with E-state index < -0.39 is 0 Å². The maximum atomic E-state index is 12.1. The molecule has 0 radical (unpaired) electrons. The number of nitrogens with one attached hydrogen (secondary N) is 1. The summed E-state index contributed by atoms with van der Waals surface area (Å²) in [5.74, 6) is 0.142. The van der Waals surface area contributed by atoms with Crippen LogP contribution in [-0.4, -0.2) is 30.4 Å². The molecule has 0 heterocycles. The number of halogens is 1. The highest BCUT2D eigenvalue weighted by Crippen LogP contribution is 2.19. The van der Waals surface area contributed by atoms with Gasteiger partial charge in [-0.2, -0.15) is 0 Å². The Balaban J connectivity index is 2.59. The molecule has 19 heavy (non-hydrogen) atoms. The Hall–Kier alpha value is -1.22. The lowest BCUT2D eigenvalue weighted by molar-refractivity contribution is -0.129. The van der Waals surface area contributed by atoms with Crippen LogP contribution in [0.3, 0.4) is 0 Å². The van der Waals surface area contributed by atoms with Crippen molar-refractivity contribution in [2.75, 3.05) is 25.0 Å². The van der Waals surface area contributed by atoms with Gasteiger partial charge in [-0.25, -0.2) is 0 Å². The molecule has 0 saturated heterocycles. The lowest BCUT2D eigenvalue weighted by Gasteiger charge is -2.22. The minimum Gasteiger partial charge on any atom is -0.376 e. The number of anilines is 1. The predicted octanol–water partition coefficient (Wildman–Crippen LogP) is 3.71. The lowest BCUT2D eigenvalue weighted by atomic mass is 10.2. The number of amides is 1. The molecule has 0 aliphatic heterocycles. The van der Waals surface area contributed by atoms with Gasteiger partial charge in [-0.1, -0.05) is 31.5 Å². The molecule has 0 aliphatic carbocycles. The third kappa shape index (κ3) is 5.11. The Morgan fingerprint density at radius 2 is 1.89 bits per heavy atom. The largest absolute Gasteiger partial charge is 0.376 e. The van der Waals surface area contributed by atoms with Crippen molar-refractivity contribution in [1.82, 2.24) is 4.90 Å². The quantitative estimate of drug-likeness (QED) is 0.827. The van der Waals surface area contributed by atoms with Crippen LogP contribution in [0.1, 0.15) is 32.3 Å². The molecule has 0 atom stereocenters. The first-order valence-corrected chi connectivity index (χ1v) is 7.24. The van der Waals surface area contributed by atoms with Crippen molar-refractivity contribution in [3.05, 3.63) is 28.8 Å². The number of aryl methyl sites for hydroxylation is 1. The monoisotopic (exact) mass is 282 g/mol. The fourth-order valence-electron chi connectivity index (χ4n) is 1.97. The van der Waals surface area contributed by atoms with Crippen molar-refractivity contribution < 1.29 is 4.79 Å². The molecule has 1 aromatic carbocycles. The molecule has 0 fully saturated rings. The van der Waals surface area contributed by atoms with E-state index in [0.717, 1.165) is 37.2 Å². The van der Waals surface area contributed by atoms with Gasteiger partial charge in [0.15, 0.2) is 0 Å². The van der Waals surface area contributed by atoms with Crippen LogP contribution < -0.4 is 5.32 Å². The number of hydrogen-bond acceptors (Lipinski definition) is 2. The Labute approximate surface area is 120 Å². The van der Waals surface area contributed by atoms with Crippen LogP contribution in [0.25, 0.3) is 0 Å². The van der Waals surface area contributed by atoms with Gasteiger partial charge in [-0.05, 0) is 37.5 Å². The molecule has 1 amide bonds. The zero-order valence-electron chi connectivity index (χ0n) is 12.0. The smallest absolute Gasteiger partial charge is 0.241 e. The summed E-state index contributed by atoms with van der Waals surface area (Å²) < 4.78 is 0. The number of carbonyl (C=O) groups excluding carboxylic acids is 1. The van der Waals surface area contributed by atoms with E-state index in [1.807, 2.05) is 30.0 Å². The molecule has 0 bridgehead atoms. The number of benzene rings is 1. The van der Waals surface area contributed by atoms with Gasteiger partial charge in [0.1, 0.15) is 0 Å². The maximum Gasteiger partial charge on any atom is 0.241 e. The highest BCUT2D eigenvalue weighted by Gasteiger charge is 2.11. The van der Waals surface area contributed by atoms with Crippen LogP contribution in [0.15, 0.2) is 18.2 Å². The average molecular weight is 283 g/mol. The van der Waals surface area contributed by atoms with Gasteiger partial charge in [0, 0.05) is 23.8 Å². The molecule has 0 spiro atoms. The van der Waals surface area contributed by atoms with E-state index in [1.165, 1.54) is 0 Å². The summed E-state index contributed by atoms with van der Waals surface area (Å²) in [7, 11) is 0. The molecule has 0 aliphatic rings. The van der Waals surface area contributed by atoms with E-state index in [1.54, 1.807) is 0 Å². The zero-order chi connectivity index (χ0) is 14.3. The molecule has 1 rings (SSSR count). The van der Waals surface area contributed by atoms with Crippen LogP contribution in [0.5, 0.6) is 0 Å². The molecule has 4 heteroatoms. The summed E-state index contributed by atoms with van der Waals surface area (Å²) in [6, 6.07) is 5.66. The van der Waals surface area contributed by atoms with Gasteiger partial charge in [0.05, 0.1) is 6.54 Å². The van der Waals surface area contributed by atoms with Gasteiger partial charge >= 0.3 is 0 Å². The zero-order valence-corrected chi connectivity index (χ0v) is 12.8. The minimum atomic E-state index is 0.142. The molecular formula is C15H23ClN2O. The van der Waals surface area contributed by atoms with Crippen molar-refractivity contribution >= 4 is 23.2 Å². The topological polar surface area (TPSA) is 32.3 Å². The van der Waals surface area contributed by atoms with Gasteiger partial charge in [0.2, 0.25) is 5.91 Å². The summed E-state index contributed by atoms with van der Waals surface area (Å²) in [5.41, 5.74) is 2.02. The maximum absolute atomic E-state index is 12.1. The second-order valence-electron chi connectivity index (χ2n) is 4.69. The number of carbonyl (C=O) groups is 1. The van der Waals surface area contributed by atoms with E-state index in [2.05, 4.69) is 19.2 Å². The SMILES string of the molecule is CCCN(CCC)C(=O)CNc1cc(Cl)ccc1C. The van der Waals surface area contributed by atoms with Gasteiger partial charge in [-0.15, -0.1) is 0 Å². The van der Waals surface area contributed by atoms with Crippen LogP contribution in [0.2, 0.25) is 5.02 Å². The Kier molecular flexibility index (Phi) is 6.71. The Morgan fingerprint density at radius 1 is 1.26 bits per heavy atom. The summed E-state index contributed by atoms with van der Waals surface area (Å²) in [4.78, 5) is 14.0. The second kappa shape index (κ2) is 8.05. The van der Waals surface area contributed by atoms with Gasteiger partial charge in [-0.3, -0.25) is 4.79 Å². The van der Waals surface area contributed by atoms with E-state index in [4.69, 9.17) is 11.6 Å². The summed E-state index contributed by atoms with van der Waals surface area (Å²) in [6.45, 7) is 8.14. The molecule has 106 valence electrons. The van der Waals surface area contributed by atoms with Crippen molar-refractivity contribution in [1.29, 1.82) is 0 Å². The first kappa shape index (κ1) is 15.8. The van der Waals surface area contributed by atoms with Crippen LogP contribution in [-0.2, 0) is 4.79 Å². The van der Waals surface area contributed by atoms with E-state index in [9.17, 15) is 4.79 Å². The molecule has 1 aromatic rings. The molecule has 1 N–H and O–H groups in total. The molecule has 0 saturated carbocycles. The Bertz CT molecular complexity index is 415. The fourth-order valence-corrected chi connectivity index (χ4v) is 2.14. The fraction of sp³-hybridized carbons (Fsp3) is 0.533. The minimum absolute atomic E-state index is 0.142.